The minimum Gasteiger partial charge on any atom is -0.381 e. The van der Waals surface area contributed by atoms with Crippen LogP contribution in [0.4, 0.5) is 5.69 Å². The largest absolute Gasteiger partial charge is 0.381 e. The van der Waals surface area contributed by atoms with Gasteiger partial charge < -0.3 is 5.32 Å². The van der Waals surface area contributed by atoms with Crippen molar-refractivity contribution in [2.24, 2.45) is 0 Å². The zero-order chi connectivity index (χ0) is 18.6. The molecule has 2 aromatic carbocycles. The van der Waals surface area contributed by atoms with Gasteiger partial charge in [0.05, 0.1) is 5.25 Å². The van der Waals surface area contributed by atoms with Gasteiger partial charge >= 0.3 is 0 Å². The molecular formula is C21H28N2O2S. The summed E-state index contributed by atoms with van der Waals surface area (Å²) >= 11 is 0. The lowest BCUT2D eigenvalue weighted by Crippen LogP contribution is -2.40. The van der Waals surface area contributed by atoms with Crippen LogP contribution in [-0.4, -0.2) is 19.7 Å². The molecule has 0 saturated heterocycles. The summed E-state index contributed by atoms with van der Waals surface area (Å²) in [6.07, 6.45) is 3.00. The van der Waals surface area contributed by atoms with Crippen LogP contribution < -0.4 is 10.0 Å². The maximum atomic E-state index is 12.2. The van der Waals surface area contributed by atoms with Crippen molar-refractivity contribution in [1.82, 2.24) is 4.72 Å². The van der Waals surface area contributed by atoms with Crippen LogP contribution in [0, 0.1) is 0 Å². The van der Waals surface area contributed by atoms with E-state index in [0.29, 0.717) is 0 Å². The van der Waals surface area contributed by atoms with Crippen molar-refractivity contribution in [3.8, 4) is 0 Å². The van der Waals surface area contributed by atoms with Crippen molar-refractivity contribution < 1.29 is 8.42 Å². The number of benzene rings is 2. The van der Waals surface area contributed by atoms with Gasteiger partial charge in [0.1, 0.15) is 0 Å². The van der Waals surface area contributed by atoms with Crippen LogP contribution in [0.1, 0.15) is 50.2 Å². The number of hydrogen-bond donors (Lipinski definition) is 2. The average Bonchev–Trinajstić information content (AvgIpc) is 3.08. The Hall–Kier alpha value is -1.85. The molecule has 1 aliphatic carbocycles. The second-order valence-corrected chi connectivity index (χ2v) is 9.59. The van der Waals surface area contributed by atoms with Crippen molar-refractivity contribution in [2.45, 2.75) is 56.9 Å². The molecule has 2 aromatic rings. The third-order valence-electron chi connectivity index (χ3n) is 5.13. The molecule has 0 amide bonds. The Morgan fingerprint density at radius 3 is 2.35 bits per heavy atom. The molecule has 1 aliphatic rings. The summed E-state index contributed by atoms with van der Waals surface area (Å²) in [7, 11) is -3.23. The highest BCUT2D eigenvalue weighted by Crippen LogP contribution is 2.35. The topological polar surface area (TPSA) is 58.2 Å². The minimum absolute atomic E-state index is 0.00512. The predicted octanol–water partition coefficient (Wildman–Crippen LogP) is 4.26. The molecule has 26 heavy (non-hydrogen) atoms. The Bertz CT molecular complexity index is 802. The number of hydrogen-bond acceptors (Lipinski definition) is 3. The number of rotatable bonds is 7. The van der Waals surface area contributed by atoms with Crippen molar-refractivity contribution in [1.29, 1.82) is 0 Å². The van der Waals surface area contributed by atoms with E-state index in [1.807, 2.05) is 18.2 Å². The first-order chi connectivity index (χ1) is 12.5. The Kier molecular flexibility index (Phi) is 5.99. The lowest BCUT2D eigenvalue weighted by Gasteiger charge is -2.23. The summed E-state index contributed by atoms with van der Waals surface area (Å²) in [4.78, 5) is 0. The maximum absolute atomic E-state index is 12.2. The molecule has 140 valence electrons. The van der Waals surface area contributed by atoms with Crippen molar-refractivity contribution in [2.75, 3.05) is 5.32 Å². The number of anilines is 1. The van der Waals surface area contributed by atoms with Gasteiger partial charge in [-0.05, 0) is 49.9 Å². The SMILES string of the molecule is CC(C)S(=O)(=O)NC1CCCC1c1ccc(NCc2ccccc2)cc1. The van der Waals surface area contributed by atoms with E-state index in [1.54, 1.807) is 13.8 Å². The van der Waals surface area contributed by atoms with Gasteiger partial charge in [-0.3, -0.25) is 0 Å². The fraction of sp³-hybridized carbons (Fsp3) is 0.429. The van der Waals surface area contributed by atoms with Crippen LogP contribution in [0.5, 0.6) is 0 Å². The van der Waals surface area contributed by atoms with Gasteiger partial charge in [-0.25, -0.2) is 13.1 Å². The summed E-state index contributed by atoms with van der Waals surface area (Å²) in [5.74, 6) is 0.256. The monoisotopic (exact) mass is 372 g/mol. The third kappa shape index (κ3) is 4.65. The quantitative estimate of drug-likeness (QED) is 0.763. The van der Waals surface area contributed by atoms with Crippen LogP contribution in [-0.2, 0) is 16.6 Å². The van der Waals surface area contributed by atoms with E-state index in [-0.39, 0.29) is 12.0 Å². The molecule has 0 bridgehead atoms. The maximum Gasteiger partial charge on any atom is 0.214 e. The minimum atomic E-state index is -3.23. The fourth-order valence-corrected chi connectivity index (χ4v) is 4.47. The predicted molar refractivity (Wildman–Crippen MR) is 108 cm³/mol. The van der Waals surface area contributed by atoms with Crippen LogP contribution in [0.3, 0.4) is 0 Å². The molecule has 0 aliphatic heterocycles. The summed E-state index contributed by atoms with van der Waals surface area (Å²) in [6, 6.07) is 18.7. The van der Waals surface area contributed by atoms with E-state index >= 15 is 0 Å². The van der Waals surface area contributed by atoms with E-state index in [2.05, 4.69) is 46.4 Å². The van der Waals surface area contributed by atoms with Crippen molar-refractivity contribution in [3.63, 3.8) is 0 Å². The van der Waals surface area contributed by atoms with Gasteiger partial charge in [-0.1, -0.05) is 48.9 Å². The normalized spacial score (nSPS) is 20.4. The van der Waals surface area contributed by atoms with Gasteiger partial charge in [0, 0.05) is 24.2 Å². The molecule has 0 spiro atoms. The zero-order valence-electron chi connectivity index (χ0n) is 15.5. The molecule has 1 saturated carbocycles. The molecular weight excluding hydrogens is 344 g/mol. The van der Waals surface area contributed by atoms with Gasteiger partial charge in [0.15, 0.2) is 0 Å². The number of nitrogens with one attached hydrogen (secondary N) is 2. The average molecular weight is 373 g/mol. The highest BCUT2D eigenvalue weighted by atomic mass is 32.2. The van der Waals surface area contributed by atoms with E-state index in [9.17, 15) is 8.42 Å². The van der Waals surface area contributed by atoms with Crippen LogP contribution in [0.2, 0.25) is 0 Å². The summed E-state index contributed by atoms with van der Waals surface area (Å²) in [5.41, 5.74) is 3.54. The summed E-state index contributed by atoms with van der Waals surface area (Å²) < 4.78 is 27.4. The molecule has 4 nitrogen and oxygen atoms in total. The van der Waals surface area contributed by atoms with Crippen LogP contribution in [0.25, 0.3) is 0 Å². The van der Waals surface area contributed by atoms with E-state index in [4.69, 9.17) is 0 Å². The molecule has 2 atom stereocenters. The Labute approximate surface area is 157 Å². The third-order valence-corrected chi connectivity index (χ3v) is 7.00. The zero-order valence-corrected chi connectivity index (χ0v) is 16.3. The Morgan fingerprint density at radius 1 is 1.00 bits per heavy atom. The molecule has 2 N–H and O–H groups in total. The lowest BCUT2D eigenvalue weighted by molar-refractivity contribution is 0.519. The van der Waals surface area contributed by atoms with Gasteiger partial charge in [0.25, 0.3) is 0 Å². The first-order valence-corrected chi connectivity index (χ1v) is 10.9. The molecule has 0 heterocycles. The Balaban J connectivity index is 1.64. The summed E-state index contributed by atoms with van der Waals surface area (Å²) in [6.45, 7) is 4.24. The van der Waals surface area contributed by atoms with E-state index < -0.39 is 15.3 Å². The first-order valence-electron chi connectivity index (χ1n) is 9.34. The smallest absolute Gasteiger partial charge is 0.214 e. The molecule has 2 unspecified atom stereocenters. The first kappa shape index (κ1) is 18.9. The Morgan fingerprint density at radius 2 is 1.69 bits per heavy atom. The van der Waals surface area contributed by atoms with Gasteiger partial charge in [-0.2, -0.15) is 0 Å². The van der Waals surface area contributed by atoms with E-state index in [0.717, 1.165) is 31.5 Å². The summed E-state index contributed by atoms with van der Waals surface area (Å²) in [5, 5.41) is 3.04. The van der Waals surface area contributed by atoms with Crippen molar-refractivity contribution in [3.05, 3.63) is 65.7 Å². The van der Waals surface area contributed by atoms with Gasteiger partial charge in [0.2, 0.25) is 10.0 Å². The lowest BCUT2D eigenvalue weighted by atomic mass is 9.94. The standard InChI is InChI=1S/C21H28N2O2S/c1-16(2)26(24,25)23-21-10-6-9-20(21)18-11-13-19(14-12-18)22-15-17-7-4-3-5-8-17/h3-5,7-8,11-14,16,20-23H,6,9-10,15H2,1-2H3. The molecule has 5 heteroatoms. The highest BCUT2D eigenvalue weighted by Gasteiger charge is 2.32. The van der Waals surface area contributed by atoms with Crippen molar-refractivity contribution >= 4 is 15.7 Å². The fourth-order valence-electron chi connectivity index (χ4n) is 3.50. The second-order valence-electron chi connectivity index (χ2n) is 7.32. The highest BCUT2D eigenvalue weighted by molar-refractivity contribution is 7.90. The number of sulfonamides is 1. The molecule has 0 radical (unpaired) electrons. The molecule has 0 aromatic heterocycles. The van der Waals surface area contributed by atoms with Crippen LogP contribution in [0.15, 0.2) is 54.6 Å². The second kappa shape index (κ2) is 8.23. The van der Waals surface area contributed by atoms with Gasteiger partial charge in [-0.15, -0.1) is 0 Å². The molecule has 3 rings (SSSR count). The van der Waals surface area contributed by atoms with E-state index in [1.165, 1.54) is 11.1 Å². The molecule has 1 fully saturated rings. The van der Waals surface area contributed by atoms with Crippen LogP contribution >= 0.6 is 0 Å².